The Morgan fingerprint density at radius 1 is 1.48 bits per heavy atom. The molecule has 0 radical (unpaired) electrons. The molecule has 1 aromatic rings. The van der Waals surface area contributed by atoms with Gasteiger partial charge in [0.15, 0.2) is 5.96 Å². The highest BCUT2D eigenvalue weighted by atomic mass is 16.5. The molecule has 6 nitrogen and oxygen atoms in total. The van der Waals surface area contributed by atoms with E-state index in [1.54, 1.807) is 7.11 Å². The number of hydrogen-bond acceptors (Lipinski definition) is 4. The number of aliphatic imine (C=N–C) groups is 1. The Labute approximate surface area is 139 Å². The molecule has 1 aliphatic rings. The zero-order chi connectivity index (χ0) is 16.7. The van der Waals surface area contributed by atoms with Crippen molar-refractivity contribution in [2.75, 3.05) is 52.3 Å². The third-order valence-electron chi connectivity index (χ3n) is 3.96. The van der Waals surface area contributed by atoms with Crippen LogP contribution in [0, 0.1) is 5.92 Å². The summed E-state index contributed by atoms with van der Waals surface area (Å²) in [6.45, 7) is 6.42. The lowest BCUT2D eigenvalue weighted by Gasteiger charge is -2.21. The van der Waals surface area contributed by atoms with Crippen molar-refractivity contribution in [3.63, 3.8) is 0 Å². The van der Waals surface area contributed by atoms with E-state index in [0.717, 1.165) is 50.1 Å². The summed E-state index contributed by atoms with van der Waals surface area (Å²) in [5, 5.41) is 3.39. The third kappa shape index (κ3) is 5.10. The number of likely N-dealkylation sites (tertiary alicyclic amines) is 1. The minimum Gasteiger partial charge on any atom is -0.384 e. The summed E-state index contributed by atoms with van der Waals surface area (Å²) in [6, 6.07) is 6.07. The first-order valence-corrected chi connectivity index (χ1v) is 8.29. The van der Waals surface area contributed by atoms with Crippen LogP contribution in [-0.4, -0.2) is 63.3 Å². The van der Waals surface area contributed by atoms with Gasteiger partial charge >= 0.3 is 0 Å². The van der Waals surface area contributed by atoms with E-state index in [0.29, 0.717) is 12.5 Å². The molecule has 0 amide bonds. The molecule has 0 aromatic carbocycles. The highest BCUT2D eigenvalue weighted by Gasteiger charge is 2.24. The van der Waals surface area contributed by atoms with Crippen LogP contribution in [0.5, 0.6) is 0 Å². The molecular weight excluding hydrogens is 290 g/mol. The van der Waals surface area contributed by atoms with Gasteiger partial charge in [0.2, 0.25) is 0 Å². The van der Waals surface area contributed by atoms with Crippen molar-refractivity contribution in [3.8, 4) is 0 Å². The molecule has 2 rings (SSSR count). The number of nitrogens with one attached hydrogen (secondary N) is 1. The summed E-state index contributed by atoms with van der Waals surface area (Å²) in [6.07, 6.45) is 1.16. The van der Waals surface area contributed by atoms with Crippen molar-refractivity contribution in [3.05, 3.63) is 23.9 Å². The summed E-state index contributed by atoms with van der Waals surface area (Å²) >= 11 is 0. The van der Waals surface area contributed by atoms with Crippen LogP contribution in [0.25, 0.3) is 0 Å². The van der Waals surface area contributed by atoms with E-state index in [1.807, 2.05) is 37.2 Å². The quantitative estimate of drug-likeness (QED) is 0.637. The minimum absolute atomic E-state index is 0.593. The molecule has 23 heavy (non-hydrogen) atoms. The predicted molar refractivity (Wildman–Crippen MR) is 94.9 cm³/mol. The minimum atomic E-state index is 0.593. The van der Waals surface area contributed by atoms with Gasteiger partial charge < -0.3 is 19.9 Å². The Morgan fingerprint density at radius 2 is 2.30 bits per heavy atom. The van der Waals surface area contributed by atoms with Gasteiger partial charge in [-0.1, -0.05) is 6.07 Å². The standard InChI is InChI=1S/C17H29N5O/c1-5-18-17(22-10-9-14(12-22)13-23-4)19-11-15-7-6-8-16(20-15)21(2)3/h6-8,14H,5,9-13H2,1-4H3,(H,18,19). The first-order valence-electron chi connectivity index (χ1n) is 8.29. The molecule has 0 saturated carbocycles. The van der Waals surface area contributed by atoms with Gasteiger partial charge in [0.1, 0.15) is 5.82 Å². The first kappa shape index (κ1) is 17.5. The van der Waals surface area contributed by atoms with Crippen molar-refractivity contribution in [1.29, 1.82) is 0 Å². The zero-order valence-corrected chi connectivity index (χ0v) is 14.7. The third-order valence-corrected chi connectivity index (χ3v) is 3.96. The number of pyridine rings is 1. The summed E-state index contributed by atoms with van der Waals surface area (Å²) in [7, 11) is 5.77. The second kappa shape index (κ2) is 8.72. The second-order valence-electron chi connectivity index (χ2n) is 6.11. The Morgan fingerprint density at radius 3 is 3.00 bits per heavy atom. The molecule has 6 heteroatoms. The highest BCUT2D eigenvalue weighted by Crippen LogP contribution is 2.17. The highest BCUT2D eigenvalue weighted by molar-refractivity contribution is 5.80. The van der Waals surface area contributed by atoms with Gasteiger partial charge in [-0.3, -0.25) is 0 Å². The molecule has 0 spiro atoms. The summed E-state index contributed by atoms with van der Waals surface area (Å²) in [4.78, 5) is 13.7. The number of methoxy groups -OCH3 is 1. The van der Waals surface area contributed by atoms with E-state index < -0.39 is 0 Å². The molecule has 1 fully saturated rings. The Balaban J connectivity index is 2.03. The average molecular weight is 319 g/mol. The Kier molecular flexibility index (Phi) is 6.65. The van der Waals surface area contributed by atoms with Crippen molar-refractivity contribution < 1.29 is 4.74 Å². The lowest BCUT2D eigenvalue weighted by molar-refractivity contribution is 0.157. The van der Waals surface area contributed by atoms with Gasteiger partial charge in [-0.05, 0) is 25.5 Å². The smallest absolute Gasteiger partial charge is 0.194 e. The van der Waals surface area contributed by atoms with E-state index in [9.17, 15) is 0 Å². The fourth-order valence-corrected chi connectivity index (χ4v) is 2.78. The number of aromatic nitrogens is 1. The largest absolute Gasteiger partial charge is 0.384 e. The molecule has 0 bridgehead atoms. The normalized spacial score (nSPS) is 18.3. The Bertz CT molecular complexity index is 517. The van der Waals surface area contributed by atoms with E-state index in [2.05, 4.69) is 22.1 Å². The first-order chi connectivity index (χ1) is 11.1. The molecule has 128 valence electrons. The van der Waals surface area contributed by atoms with Gasteiger partial charge in [0.05, 0.1) is 18.8 Å². The van der Waals surface area contributed by atoms with Crippen LogP contribution in [0.1, 0.15) is 19.0 Å². The van der Waals surface area contributed by atoms with E-state index in [4.69, 9.17) is 9.73 Å². The van der Waals surface area contributed by atoms with Gasteiger partial charge in [-0.25, -0.2) is 9.98 Å². The number of ether oxygens (including phenoxy) is 1. The van der Waals surface area contributed by atoms with Crippen LogP contribution < -0.4 is 10.2 Å². The van der Waals surface area contributed by atoms with Crippen LogP contribution in [0.2, 0.25) is 0 Å². The van der Waals surface area contributed by atoms with E-state index in [1.165, 1.54) is 0 Å². The molecule has 1 N–H and O–H groups in total. The maximum Gasteiger partial charge on any atom is 0.194 e. The topological polar surface area (TPSA) is 53.0 Å². The van der Waals surface area contributed by atoms with E-state index >= 15 is 0 Å². The molecule has 1 atom stereocenters. The maximum atomic E-state index is 5.28. The van der Waals surface area contributed by atoms with Crippen molar-refractivity contribution >= 4 is 11.8 Å². The SMILES string of the molecule is CCNC(=NCc1cccc(N(C)C)n1)N1CCC(COC)C1. The van der Waals surface area contributed by atoms with Crippen LogP contribution in [0.3, 0.4) is 0 Å². The molecule has 1 aliphatic heterocycles. The zero-order valence-electron chi connectivity index (χ0n) is 14.7. The molecule has 2 heterocycles. The van der Waals surface area contributed by atoms with E-state index in [-0.39, 0.29) is 0 Å². The number of nitrogens with zero attached hydrogens (tertiary/aromatic N) is 4. The molecule has 1 aromatic heterocycles. The molecular formula is C17H29N5O. The Hall–Kier alpha value is -1.82. The fraction of sp³-hybridized carbons (Fsp3) is 0.647. The summed E-state index contributed by atoms with van der Waals surface area (Å²) in [5.41, 5.74) is 0.985. The monoisotopic (exact) mass is 319 g/mol. The van der Waals surface area contributed by atoms with Crippen LogP contribution in [0.4, 0.5) is 5.82 Å². The number of anilines is 1. The van der Waals surface area contributed by atoms with Crippen molar-refractivity contribution in [1.82, 2.24) is 15.2 Å². The lowest BCUT2D eigenvalue weighted by Crippen LogP contribution is -2.40. The molecule has 1 saturated heterocycles. The summed E-state index contributed by atoms with van der Waals surface area (Å²) < 4.78 is 5.28. The number of hydrogen-bond donors (Lipinski definition) is 1. The lowest BCUT2D eigenvalue weighted by atomic mass is 10.1. The van der Waals surface area contributed by atoms with Crippen LogP contribution in [0.15, 0.2) is 23.2 Å². The molecule has 0 aliphatic carbocycles. The number of guanidine groups is 1. The fourth-order valence-electron chi connectivity index (χ4n) is 2.78. The summed E-state index contributed by atoms with van der Waals surface area (Å²) in [5.74, 6) is 2.53. The maximum absolute atomic E-state index is 5.28. The van der Waals surface area contributed by atoms with Gasteiger partial charge in [0, 0.05) is 46.8 Å². The second-order valence-corrected chi connectivity index (χ2v) is 6.11. The molecule has 1 unspecified atom stereocenters. The van der Waals surface area contributed by atoms with Gasteiger partial charge in [-0.2, -0.15) is 0 Å². The van der Waals surface area contributed by atoms with Crippen LogP contribution >= 0.6 is 0 Å². The van der Waals surface area contributed by atoms with Crippen molar-refractivity contribution in [2.45, 2.75) is 19.9 Å². The number of rotatable bonds is 6. The predicted octanol–water partition coefficient (Wildman–Crippen LogP) is 1.58. The average Bonchev–Trinajstić information content (AvgIpc) is 3.00. The van der Waals surface area contributed by atoms with Gasteiger partial charge in [-0.15, -0.1) is 0 Å². The van der Waals surface area contributed by atoms with Crippen molar-refractivity contribution in [2.24, 2.45) is 10.9 Å². The van der Waals surface area contributed by atoms with Crippen LogP contribution in [-0.2, 0) is 11.3 Å². The van der Waals surface area contributed by atoms with Gasteiger partial charge in [0.25, 0.3) is 0 Å².